The fourth-order valence-electron chi connectivity index (χ4n) is 2.81. The Morgan fingerprint density at radius 1 is 1.15 bits per heavy atom. The van der Waals surface area contributed by atoms with E-state index in [-0.39, 0.29) is 0 Å². The first-order chi connectivity index (χ1) is 13.1. The lowest BCUT2D eigenvalue weighted by atomic mass is 9.93. The van der Waals surface area contributed by atoms with Crippen molar-refractivity contribution in [1.82, 2.24) is 15.6 Å². The molecule has 0 unspecified atom stereocenters. The van der Waals surface area contributed by atoms with Crippen LogP contribution in [0, 0.1) is 0 Å². The molecule has 0 bridgehead atoms. The fourth-order valence-corrected chi connectivity index (χ4v) is 2.81. The zero-order chi connectivity index (χ0) is 20.0. The second-order valence-electron chi connectivity index (χ2n) is 6.62. The van der Waals surface area contributed by atoms with Crippen molar-refractivity contribution in [2.75, 3.05) is 33.4 Å². The number of nitrogens with one attached hydrogen (secondary N) is 2. The summed E-state index contributed by atoms with van der Waals surface area (Å²) in [6.45, 7) is 8.98. The number of hydrogen-bond acceptors (Lipinski definition) is 5. The number of rotatable bonds is 13. The van der Waals surface area contributed by atoms with Gasteiger partial charge in [0.15, 0.2) is 5.96 Å². The van der Waals surface area contributed by atoms with Gasteiger partial charge in [-0.25, -0.2) is 9.98 Å². The molecular formula is C20H36N4O3. The highest BCUT2D eigenvalue weighted by Gasteiger charge is 2.24. The molecule has 0 saturated carbocycles. The van der Waals surface area contributed by atoms with Gasteiger partial charge in [0.25, 0.3) is 0 Å². The van der Waals surface area contributed by atoms with Gasteiger partial charge in [-0.1, -0.05) is 32.8 Å². The molecule has 1 aromatic heterocycles. The number of aliphatic hydroxyl groups is 1. The number of ether oxygens (including phenoxy) is 2. The van der Waals surface area contributed by atoms with Gasteiger partial charge in [0.1, 0.15) is 6.61 Å². The second kappa shape index (κ2) is 13.3. The van der Waals surface area contributed by atoms with Crippen LogP contribution in [0.4, 0.5) is 0 Å². The number of hydrogen-bond donors (Lipinski definition) is 3. The minimum Gasteiger partial charge on any atom is -0.475 e. The number of pyridine rings is 1. The molecule has 0 fully saturated rings. The summed E-state index contributed by atoms with van der Waals surface area (Å²) in [5.41, 5.74) is 0.297. The lowest BCUT2D eigenvalue weighted by Crippen LogP contribution is -2.47. The van der Waals surface area contributed by atoms with Crippen LogP contribution in [0.3, 0.4) is 0 Å². The Kier molecular flexibility index (Phi) is 11.4. The summed E-state index contributed by atoms with van der Waals surface area (Å²) >= 11 is 0. The Balaban J connectivity index is 2.62. The smallest absolute Gasteiger partial charge is 0.213 e. The Labute approximate surface area is 163 Å². The third kappa shape index (κ3) is 9.58. The molecule has 0 aliphatic rings. The van der Waals surface area contributed by atoms with E-state index in [1.54, 1.807) is 13.3 Å². The lowest BCUT2D eigenvalue weighted by molar-refractivity contribution is 0.0257. The number of methoxy groups -OCH3 is 1. The monoisotopic (exact) mass is 380 g/mol. The Morgan fingerprint density at radius 2 is 1.89 bits per heavy atom. The van der Waals surface area contributed by atoms with Crippen LogP contribution in [-0.4, -0.2) is 55.1 Å². The number of nitrogens with zero attached hydrogens (tertiary/aromatic N) is 2. The largest absolute Gasteiger partial charge is 0.475 e. The van der Waals surface area contributed by atoms with Gasteiger partial charge in [-0.05, 0) is 25.3 Å². The molecule has 27 heavy (non-hydrogen) atoms. The number of aromatic nitrogens is 1. The highest BCUT2D eigenvalue weighted by molar-refractivity contribution is 5.79. The van der Waals surface area contributed by atoms with Crippen molar-refractivity contribution in [1.29, 1.82) is 0 Å². The van der Waals surface area contributed by atoms with Gasteiger partial charge in [-0.3, -0.25) is 0 Å². The average Bonchev–Trinajstić information content (AvgIpc) is 2.66. The van der Waals surface area contributed by atoms with Crippen LogP contribution in [0.25, 0.3) is 0 Å². The predicted octanol–water partition coefficient (Wildman–Crippen LogP) is 2.49. The van der Waals surface area contributed by atoms with E-state index in [2.05, 4.69) is 34.5 Å². The summed E-state index contributed by atoms with van der Waals surface area (Å²) in [5.74, 6) is 1.28. The Bertz CT molecular complexity index is 529. The quantitative estimate of drug-likeness (QED) is 0.277. The summed E-state index contributed by atoms with van der Waals surface area (Å²) in [7, 11) is 1.64. The molecule has 0 aliphatic heterocycles. The van der Waals surface area contributed by atoms with E-state index in [1.807, 2.05) is 19.1 Å². The van der Waals surface area contributed by atoms with Gasteiger partial charge in [-0.15, -0.1) is 0 Å². The van der Waals surface area contributed by atoms with E-state index in [1.165, 1.54) is 0 Å². The zero-order valence-electron chi connectivity index (χ0n) is 17.3. The van der Waals surface area contributed by atoms with E-state index >= 15 is 0 Å². The van der Waals surface area contributed by atoms with E-state index in [0.717, 1.165) is 37.8 Å². The van der Waals surface area contributed by atoms with Crippen molar-refractivity contribution in [3.8, 4) is 5.88 Å². The van der Waals surface area contributed by atoms with Crippen LogP contribution >= 0.6 is 0 Å². The molecular weight excluding hydrogens is 344 g/mol. The molecule has 7 heteroatoms. The van der Waals surface area contributed by atoms with Crippen molar-refractivity contribution in [2.45, 2.75) is 58.6 Å². The van der Waals surface area contributed by atoms with Crippen molar-refractivity contribution >= 4 is 5.96 Å². The molecule has 0 atom stereocenters. The van der Waals surface area contributed by atoms with Crippen molar-refractivity contribution in [3.63, 3.8) is 0 Å². The van der Waals surface area contributed by atoms with Gasteiger partial charge in [0.2, 0.25) is 5.88 Å². The number of guanidine groups is 1. The highest BCUT2D eigenvalue weighted by atomic mass is 16.5. The van der Waals surface area contributed by atoms with E-state index < -0.39 is 5.60 Å². The molecule has 7 nitrogen and oxygen atoms in total. The first kappa shape index (κ1) is 23.2. The second-order valence-corrected chi connectivity index (χ2v) is 6.62. The minimum absolute atomic E-state index is 0.480. The third-order valence-electron chi connectivity index (χ3n) is 4.11. The number of aliphatic imine (C=N–C) groups is 1. The van der Waals surface area contributed by atoms with Gasteiger partial charge in [0, 0.05) is 32.5 Å². The Morgan fingerprint density at radius 3 is 2.44 bits per heavy atom. The zero-order valence-corrected chi connectivity index (χ0v) is 17.3. The summed E-state index contributed by atoms with van der Waals surface area (Å²) in [6, 6.07) is 3.79. The van der Waals surface area contributed by atoms with Gasteiger partial charge in [-0.2, -0.15) is 0 Å². The molecule has 154 valence electrons. The normalized spacial score (nSPS) is 12.1. The summed E-state index contributed by atoms with van der Waals surface area (Å²) in [5, 5.41) is 17.3. The minimum atomic E-state index is -0.692. The summed E-state index contributed by atoms with van der Waals surface area (Å²) < 4.78 is 10.4. The van der Waals surface area contributed by atoms with Crippen molar-refractivity contribution in [3.05, 3.63) is 23.9 Å². The molecule has 0 aliphatic carbocycles. The van der Waals surface area contributed by atoms with Gasteiger partial charge < -0.3 is 25.2 Å². The van der Waals surface area contributed by atoms with Crippen molar-refractivity contribution in [2.24, 2.45) is 4.99 Å². The van der Waals surface area contributed by atoms with Crippen LogP contribution in [0.15, 0.2) is 23.3 Å². The molecule has 0 radical (unpaired) electrons. The van der Waals surface area contributed by atoms with Crippen LogP contribution in [0.2, 0.25) is 0 Å². The molecule has 0 aromatic carbocycles. The standard InChI is InChI=1S/C20H36N4O3/c1-5-10-20(25,11-6-2)16-24-19(21-7-3)23-15-17-8-9-18(22-14-17)27-13-12-26-4/h8-9,14,25H,5-7,10-13,15-16H2,1-4H3,(H2,21,23,24). The molecule has 1 heterocycles. The molecule has 0 spiro atoms. The van der Waals surface area contributed by atoms with Crippen molar-refractivity contribution < 1.29 is 14.6 Å². The lowest BCUT2D eigenvalue weighted by Gasteiger charge is -2.28. The van der Waals surface area contributed by atoms with E-state index in [4.69, 9.17) is 9.47 Å². The maximum Gasteiger partial charge on any atom is 0.213 e. The predicted molar refractivity (Wildman–Crippen MR) is 109 cm³/mol. The average molecular weight is 381 g/mol. The molecule has 1 rings (SSSR count). The Hall–Kier alpha value is -1.86. The topological polar surface area (TPSA) is 88.0 Å². The van der Waals surface area contributed by atoms with E-state index in [9.17, 15) is 5.11 Å². The first-order valence-corrected chi connectivity index (χ1v) is 9.88. The SMILES string of the molecule is CCCC(O)(CCC)CNC(=NCc1ccc(OCCOC)nc1)NCC. The summed E-state index contributed by atoms with van der Waals surface area (Å²) in [6.07, 6.45) is 5.23. The van der Waals surface area contributed by atoms with Crippen LogP contribution in [0.5, 0.6) is 5.88 Å². The highest BCUT2D eigenvalue weighted by Crippen LogP contribution is 2.18. The molecule has 3 N–H and O–H groups in total. The first-order valence-electron chi connectivity index (χ1n) is 9.88. The van der Waals surface area contributed by atoms with Crippen LogP contribution < -0.4 is 15.4 Å². The third-order valence-corrected chi connectivity index (χ3v) is 4.11. The van der Waals surface area contributed by atoms with Gasteiger partial charge >= 0.3 is 0 Å². The van der Waals surface area contributed by atoms with Gasteiger partial charge in [0.05, 0.1) is 18.8 Å². The van der Waals surface area contributed by atoms with Crippen LogP contribution in [0.1, 0.15) is 52.0 Å². The maximum atomic E-state index is 10.8. The molecule has 0 amide bonds. The van der Waals surface area contributed by atoms with E-state index in [0.29, 0.717) is 38.1 Å². The fraction of sp³-hybridized carbons (Fsp3) is 0.700. The van der Waals surface area contributed by atoms with Crippen LogP contribution in [-0.2, 0) is 11.3 Å². The molecule has 0 saturated heterocycles. The maximum absolute atomic E-state index is 10.8. The summed E-state index contributed by atoms with van der Waals surface area (Å²) in [4.78, 5) is 8.88. The molecule has 1 aromatic rings.